The van der Waals surface area contributed by atoms with Crippen LogP contribution < -0.4 is 5.32 Å². The SMILES string of the molecule is c1csc(C(CNCc2cc[nH]c2)N2CCOCC2)c1. The van der Waals surface area contributed by atoms with Gasteiger partial charge in [-0.1, -0.05) is 6.07 Å². The first-order valence-electron chi connectivity index (χ1n) is 7.11. The normalized spacial score (nSPS) is 18.2. The van der Waals surface area contributed by atoms with E-state index in [1.807, 2.05) is 23.7 Å². The highest BCUT2D eigenvalue weighted by molar-refractivity contribution is 7.10. The van der Waals surface area contributed by atoms with E-state index in [4.69, 9.17) is 4.74 Å². The first kappa shape index (κ1) is 13.8. The minimum atomic E-state index is 0.456. The van der Waals surface area contributed by atoms with Crippen LogP contribution in [0.4, 0.5) is 0 Å². The zero-order valence-electron chi connectivity index (χ0n) is 11.5. The van der Waals surface area contributed by atoms with E-state index in [9.17, 15) is 0 Å². The molecule has 1 aliphatic rings. The van der Waals surface area contributed by atoms with E-state index in [0.717, 1.165) is 39.4 Å². The summed E-state index contributed by atoms with van der Waals surface area (Å²) >= 11 is 1.84. The summed E-state index contributed by atoms with van der Waals surface area (Å²) in [4.78, 5) is 7.06. The fraction of sp³-hybridized carbons (Fsp3) is 0.467. The molecule has 1 fully saturated rings. The number of H-pyrrole nitrogens is 1. The van der Waals surface area contributed by atoms with Gasteiger partial charge in [0.2, 0.25) is 0 Å². The van der Waals surface area contributed by atoms with Gasteiger partial charge in [0.1, 0.15) is 0 Å². The summed E-state index contributed by atoms with van der Waals surface area (Å²) in [5.74, 6) is 0. The van der Waals surface area contributed by atoms with Gasteiger partial charge in [0.05, 0.1) is 19.3 Å². The fourth-order valence-electron chi connectivity index (χ4n) is 2.60. The lowest BCUT2D eigenvalue weighted by Crippen LogP contribution is -2.42. The monoisotopic (exact) mass is 291 g/mol. The van der Waals surface area contributed by atoms with E-state index in [2.05, 4.69) is 38.8 Å². The quantitative estimate of drug-likeness (QED) is 0.857. The van der Waals surface area contributed by atoms with Gasteiger partial charge in [0.15, 0.2) is 0 Å². The third-order valence-electron chi connectivity index (χ3n) is 3.69. The van der Waals surface area contributed by atoms with Crippen LogP contribution in [0.1, 0.15) is 16.5 Å². The summed E-state index contributed by atoms with van der Waals surface area (Å²) in [5.41, 5.74) is 1.30. The molecule has 0 amide bonds. The van der Waals surface area contributed by atoms with Crippen LogP contribution in [0.25, 0.3) is 0 Å². The van der Waals surface area contributed by atoms with Crippen LogP contribution in [-0.4, -0.2) is 42.7 Å². The van der Waals surface area contributed by atoms with Crippen LogP contribution in [-0.2, 0) is 11.3 Å². The molecule has 1 aliphatic heterocycles. The van der Waals surface area contributed by atoms with Crippen molar-refractivity contribution in [3.63, 3.8) is 0 Å². The highest BCUT2D eigenvalue weighted by atomic mass is 32.1. The molecule has 0 spiro atoms. The molecule has 108 valence electrons. The Bertz CT molecular complexity index is 477. The molecule has 2 N–H and O–H groups in total. The lowest BCUT2D eigenvalue weighted by molar-refractivity contribution is 0.0168. The molecule has 1 unspecified atom stereocenters. The Hall–Kier alpha value is -1.14. The summed E-state index contributed by atoms with van der Waals surface area (Å²) < 4.78 is 5.47. The molecule has 0 aromatic carbocycles. The number of rotatable bonds is 6. The predicted octanol–water partition coefficient (Wildman–Crippen LogP) is 2.24. The third kappa shape index (κ3) is 3.49. The van der Waals surface area contributed by atoms with Crippen molar-refractivity contribution in [1.82, 2.24) is 15.2 Å². The Morgan fingerprint density at radius 2 is 2.25 bits per heavy atom. The third-order valence-corrected chi connectivity index (χ3v) is 4.66. The number of hydrogen-bond donors (Lipinski definition) is 2. The largest absolute Gasteiger partial charge is 0.379 e. The number of aromatic amines is 1. The average molecular weight is 291 g/mol. The molecule has 3 heterocycles. The van der Waals surface area contributed by atoms with Gasteiger partial charge in [-0.3, -0.25) is 4.90 Å². The van der Waals surface area contributed by atoms with E-state index >= 15 is 0 Å². The van der Waals surface area contributed by atoms with Gasteiger partial charge in [0, 0.05) is 43.4 Å². The Kier molecular flexibility index (Phi) is 4.86. The molecule has 2 aromatic rings. The maximum absolute atomic E-state index is 5.47. The number of thiophene rings is 1. The number of aromatic nitrogens is 1. The Labute approximate surface area is 123 Å². The molecule has 0 aliphatic carbocycles. The molecule has 0 bridgehead atoms. The van der Waals surface area contributed by atoms with E-state index < -0.39 is 0 Å². The first-order valence-corrected chi connectivity index (χ1v) is 7.99. The molecule has 1 atom stereocenters. The van der Waals surface area contributed by atoms with Crippen molar-refractivity contribution >= 4 is 11.3 Å². The van der Waals surface area contributed by atoms with Crippen molar-refractivity contribution in [2.75, 3.05) is 32.8 Å². The highest BCUT2D eigenvalue weighted by Crippen LogP contribution is 2.25. The van der Waals surface area contributed by atoms with Gasteiger partial charge in [-0.05, 0) is 23.1 Å². The fourth-order valence-corrected chi connectivity index (χ4v) is 3.46. The molecule has 5 heteroatoms. The Morgan fingerprint density at radius 1 is 1.35 bits per heavy atom. The molecular weight excluding hydrogens is 270 g/mol. The summed E-state index contributed by atoms with van der Waals surface area (Å²) in [6.45, 7) is 5.63. The van der Waals surface area contributed by atoms with Crippen molar-refractivity contribution in [2.24, 2.45) is 0 Å². The minimum Gasteiger partial charge on any atom is -0.379 e. The molecule has 20 heavy (non-hydrogen) atoms. The minimum absolute atomic E-state index is 0.456. The second-order valence-corrected chi connectivity index (χ2v) is 6.01. The molecule has 0 radical (unpaired) electrons. The number of morpholine rings is 1. The molecule has 1 saturated heterocycles. The predicted molar refractivity (Wildman–Crippen MR) is 82.0 cm³/mol. The number of hydrogen-bond acceptors (Lipinski definition) is 4. The molecule has 3 rings (SSSR count). The van der Waals surface area contributed by atoms with E-state index in [-0.39, 0.29) is 0 Å². The summed E-state index contributed by atoms with van der Waals surface area (Å²) in [5, 5.41) is 5.74. The van der Waals surface area contributed by atoms with Crippen LogP contribution in [0.2, 0.25) is 0 Å². The van der Waals surface area contributed by atoms with Crippen molar-refractivity contribution < 1.29 is 4.74 Å². The second-order valence-electron chi connectivity index (χ2n) is 5.03. The number of ether oxygens (including phenoxy) is 1. The Balaban J connectivity index is 1.60. The van der Waals surface area contributed by atoms with Crippen molar-refractivity contribution in [2.45, 2.75) is 12.6 Å². The molecule has 4 nitrogen and oxygen atoms in total. The average Bonchev–Trinajstić information content (AvgIpc) is 3.18. The smallest absolute Gasteiger partial charge is 0.0594 e. The number of nitrogens with zero attached hydrogens (tertiary/aromatic N) is 1. The Morgan fingerprint density at radius 3 is 2.95 bits per heavy atom. The number of nitrogens with one attached hydrogen (secondary N) is 2. The van der Waals surface area contributed by atoms with Gasteiger partial charge in [-0.15, -0.1) is 11.3 Å². The van der Waals surface area contributed by atoms with Gasteiger partial charge in [-0.2, -0.15) is 0 Å². The van der Waals surface area contributed by atoms with Crippen LogP contribution >= 0.6 is 11.3 Å². The van der Waals surface area contributed by atoms with Crippen LogP contribution in [0, 0.1) is 0 Å². The summed E-state index contributed by atoms with van der Waals surface area (Å²) in [6, 6.07) is 6.95. The van der Waals surface area contributed by atoms with E-state index in [1.54, 1.807) is 0 Å². The first-order chi connectivity index (χ1) is 9.93. The topological polar surface area (TPSA) is 40.3 Å². The zero-order valence-corrected chi connectivity index (χ0v) is 12.4. The molecule has 2 aromatic heterocycles. The van der Waals surface area contributed by atoms with Gasteiger partial charge < -0.3 is 15.0 Å². The maximum atomic E-state index is 5.47. The van der Waals surface area contributed by atoms with E-state index in [0.29, 0.717) is 6.04 Å². The van der Waals surface area contributed by atoms with Crippen molar-refractivity contribution in [3.05, 3.63) is 46.4 Å². The lowest BCUT2D eigenvalue weighted by atomic mass is 10.2. The summed E-state index contributed by atoms with van der Waals surface area (Å²) in [7, 11) is 0. The van der Waals surface area contributed by atoms with Gasteiger partial charge in [0.25, 0.3) is 0 Å². The zero-order chi connectivity index (χ0) is 13.6. The van der Waals surface area contributed by atoms with Crippen molar-refractivity contribution in [3.8, 4) is 0 Å². The molecule has 0 saturated carbocycles. The van der Waals surface area contributed by atoms with Gasteiger partial charge in [-0.25, -0.2) is 0 Å². The van der Waals surface area contributed by atoms with Gasteiger partial charge >= 0.3 is 0 Å². The highest BCUT2D eigenvalue weighted by Gasteiger charge is 2.22. The lowest BCUT2D eigenvalue weighted by Gasteiger charge is -2.34. The maximum Gasteiger partial charge on any atom is 0.0594 e. The van der Waals surface area contributed by atoms with Crippen LogP contribution in [0.15, 0.2) is 36.0 Å². The van der Waals surface area contributed by atoms with Crippen LogP contribution in [0.3, 0.4) is 0 Å². The standard InChI is InChI=1S/C15H21N3OS/c1-2-15(20-9-1)14(18-5-7-19-8-6-18)12-17-11-13-3-4-16-10-13/h1-4,9-10,14,16-17H,5-8,11-12H2. The van der Waals surface area contributed by atoms with Crippen molar-refractivity contribution in [1.29, 1.82) is 0 Å². The second kappa shape index (κ2) is 7.04. The van der Waals surface area contributed by atoms with E-state index in [1.165, 1.54) is 10.4 Å². The van der Waals surface area contributed by atoms with Crippen LogP contribution in [0.5, 0.6) is 0 Å². The molecular formula is C15H21N3OS. The summed E-state index contributed by atoms with van der Waals surface area (Å²) in [6.07, 6.45) is 4.01.